The van der Waals surface area contributed by atoms with E-state index in [2.05, 4.69) is 4.84 Å². The molecule has 0 saturated carbocycles. The lowest BCUT2D eigenvalue weighted by Gasteiger charge is -2.03. The van der Waals surface area contributed by atoms with Gasteiger partial charge in [0.05, 0.1) is 6.61 Å². The van der Waals surface area contributed by atoms with Gasteiger partial charge in [-0.05, 0) is 19.4 Å². The van der Waals surface area contributed by atoms with Gasteiger partial charge in [0.15, 0.2) is 0 Å². The summed E-state index contributed by atoms with van der Waals surface area (Å²) in [4.78, 5) is 14.2. The smallest absolute Gasteiger partial charge is 0.294 e. The zero-order valence-electron chi connectivity index (χ0n) is 15.0. The van der Waals surface area contributed by atoms with Crippen molar-refractivity contribution in [3.63, 3.8) is 0 Å². The molecule has 0 aliphatic heterocycles. The summed E-state index contributed by atoms with van der Waals surface area (Å²) in [5.74, 6) is 0. The quantitative estimate of drug-likeness (QED) is 0.195. The number of rotatable bonds is 19. The second-order valence-corrected chi connectivity index (χ2v) is 6.50. The Bertz CT molecular complexity index is 250. The molecule has 0 rings (SSSR count). The Balaban J connectivity index is 2.96. The molecule has 0 aliphatic rings. The van der Waals surface area contributed by atoms with E-state index in [0.717, 1.165) is 19.4 Å². The monoisotopic (exact) mass is 330 g/mol. The third kappa shape index (κ3) is 21.2. The van der Waals surface area contributed by atoms with Crippen molar-refractivity contribution in [2.75, 3.05) is 13.2 Å². The van der Waals surface area contributed by atoms with Crippen LogP contribution in [0.25, 0.3) is 0 Å². The van der Waals surface area contributed by atoms with Crippen molar-refractivity contribution in [3.8, 4) is 0 Å². The molecular formula is C18H38N2O3. The summed E-state index contributed by atoms with van der Waals surface area (Å²) in [5, 5.41) is 9.24. The molecule has 0 aromatic carbocycles. The Hall–Kier alpha value is -0.840. The summed E-state index contributed by atoms with van der Waals surface area (Å²) >= 11 is 0. The summed E-state index contributed by atoms with van der Waals surface area (Å²) in [5.41, 5.74) is 5.48. The maximum Gasteiger partial charge on any atom is 0.294 e. The van der Waals surface area contributed by atoms with Gasteiger partial charge in [-0.15, -0.1) is 10.1 Å². The molecule has 0 atom stereocenters. The molecule has 0 spiro atoms. The van der Waals surface area contributed by atoms with Crippen molar-refractivity contribution in [1.82, 2.24) is 0 Å². The minimum absolute atomic E-state index is 0.250. The first-order valence-corrected chi connectivity index (χ1v) is 9.74. The van der Waals surface area contributed by atoms with Gasteiger partial charge in [-0.25, -0.2) is 0 Å². The lowest BCUT2D eigenvalue weighted by atomic mass is 10.0. The highest BCUT2D eigenvalue weighted by molar-refractivity contribution is 4.50. The Morgan fingerprint density at radius 3 is 1.22 bits per heavy atom. The zero-order chi connectivity index (χ0) is 17.0. The molecule has 0 fully saturated rings. The predicted octanol–water partition coefficient (Wildman–Crippen LogP) is 5.40. The topological polar surface area (TPSA) is 78.4 Å². The van der Waals surface area contributed by atoms with E-state index in [0.29, 0.717) is 0 Å². The molecule has 138 valence electrons. The van der Waals surface area contributed by atoms with Crippen molar-refractivity contribution in [2.45, 2.75) is 103 Å². The fourth-order valence-electron chi connectivity index (χ4n) is 2.86. The summed E-state index contributed by atoms with van der Waals surface area (Å²) in [6.45, 7) is 1.09. The molecule has 5 nitrogen and oxygen atoms in total. The maximum atomic E-state index is 9.95. The number of hydrogen-bond donors (Lipinski definition) is 1. The molecule has 0 unspecified atom stereocenters. The second kappa shape index (κ2) is 19.2. The van der Waals surface area contributed by atoms with Crippen LogP contribution in [0.5, 0.6) is 0 Å². The first-order valence-electron chi connectivity index (χ1n) is 9.74. The highest BCUT2D eigenvalue weighted by Gasteiger charge is 1.96. The standard InChI is InChI=1S/C18H38N2O3/c19-17-15-13-11-9-7-5-3-1-2-4-6-8-10-12-14-16-18-23-20(21)22/h1-19H2. The van der Waals surface area contributed by atoms with Crippen molar-refractivity contribution in [1.29, 1.82) is 0 Å². The van der Waals surface area contributed by atoms with Gasteiger partial charge in [0.2, 0.25) is 0 Å². The lowest BCUT2D eigenvalue weighted by Crippen LogP contribution is -2.01. The van der Waals surface area contributed by atoms with Crippen molar-refractivity contribution in [2.24, 2.45) is 5.73 Å². The molecule has 0 radical (unpaired) electrons. The van der Waals surface area contributed by atoms with Crippen LogP contribution in [0, 0.1) is 10.1 Å². The highest BCUT2D eigenvalue weighted by atomic mass is 16.9. The van der Waals surface area contributed by atoms with Crippen molar-refractivity contribution < 1.29 is 9.92 Å². The SMILES string of the molecule is NCCCCCCCCCCCCCCCCCCO[N+](=O)[O-]. The van der Waals surface area contributed by atoms with Gasteiger partial charge in [-0.3, -0.25) is 0 Å². The lowest BCUT2D eigenvalue weighted by molar-refractivity contribution is -0.757. The summed E-state index contributed by atoms with van der Waals surface area (Å²) in [6, 6.07) is 0. The molecule has 0 saturated heterocycles. The van der Waals surface area contributed by atoms with E-state index in [-0.39, 0.29) is 6.61 Å². The maximum absolute atomic E-state index is 9.95. The molecule has 0 bridgehead atoms. The second-order valence-electron chi connectivity index (χ2n) is 6.50. The Labute approximate surface area is 142 Å². The van der Waals surface area contributed by atoms with Crippen LogP contribution >= 0.6 is 0 Å². The highest BCUT2D eigenvalue weighted by Crippen LogP contribution is 2.13. The van der Waals surface area contributed by atoms with Crippen molar-refractivity contribution in [3.05, 3.63) is 10.1 Å². The van der Waals surface area contributed by atoms with E-state index in [4.69, 9.17) is 5.73 Å². The van der Waals surface area contributed by atoms with E-state index >= 15 is 0 Å². The molecule has 5 heteroatoms. The number of nitrogens with zero attached hydrogens (tertiary/aromatic N) is 1. The third-order valence-electron chi connectivity index (χ3n) is 4.30. The van der Waals surface area contributed by atoms with Crippen LogP contribution in [0.4, 0.5) is 0 Å². The fourth-order valence-corrected chi connectivity index (χ4v) is 2.86. The van der Waals surface area contributed by atoms with Crippen LogP contribution in [0.1, 0.15) is 103 Å². The molecule has 0 aromatic rings. The van der Waals surface area contributed by atoms with Crippen LogP contribution in [0.3, 0.4) is 0 Å². The van der Waals surface area contributed by atoms with Gasteiger partial charge in [0, 0.05) is 0 Å². The average molecular weight is 331 g/mol. The van der Waals surface area contributed by atoms with Crippen LogP contribution in [0.2, 0.25) is 0 Å². The minimum atomic E-state index is -0.706. The Morgan fingerprint density at radius 1 is 0.609 bits per heavy atom. The molecule has 0 aliphatic carbocycles. The van der Waals surface area contributed by atoms with E-state index in [1.807, 2.05) is 0 Å². The molecule has 23 heavy (non-hydrogen) atoms. The van der Waals surface area contributed by atoms with Crippen LogP contribution < -0.4 is 5.73 Å². The Kier molecular flexibility index (Phi) is 18.5. The minimum Gasteiger partial charge on any atom is -0.330 e. The largest absolute Gasteiger partial charge is 0.330 e. The molecular weight excluding hydrogens is 292 g/mol. The summed E-state index contributed by atoms with van der Waals surface area (Å²) < 4.78 is 0. The summed E-state index contributed by atoms with van der Waals surface area (Å²) in [6.07, 6.45) is 20.5. The Morgan fingerprint density at radius 2 is 0.913 bits per heavy atom. The van der Waals surface area contributed by atoms with Crippen LogP contribution in [-0.4, -0.2) is 18.2 Å². The molecule has 0 heterocycles. The molecule has 0 aromatic heterocycles. The van der Waals surface area contributed by atoms with Crippen LogP contribution in [0.15, 0.2) is 0 Å². The first kappa shape index (κ1) is 22.2. The van der Waals surface area contributed by atoms with E-state index < -0.39 is 5.09 Å². The van der Waals surface area contributed by atoms with E-state index in [1.165, 1.54) is 89.9 Å². The van der Waals surface area contributed by atoms with Gasteiger partial charge in [-0.2, -0.15) is 0 Å². The number of unbranched alkanes of at least 4 members (excludes halogenated alkanes) is 15. The zero-order valence-corrected chi connectivity index (χ0v) is 15.0. The van der Waals surface area contributed by atoms with Gasteiger partial charge in [0.25, 0.3) is 5.09 Å². The van der Waals surface area contributed by atoms with Gasteiger partial charge in [-0.1, -0.05) is 89.9 Å². The number of nitrogens with two attached hydrogens (primary N) is 1. The first-order chi connectivity index (χ1) is 11.3. The van der Waals surface area contributed by atoms with Gasteiger partial charge >= 0.3 is 0 Å². The predicted molar refractivity (Wildman–Crippen MR) is 95.9 cm³/mol. The van der Waals surface area contributed by atoms with Crippen molar-refractivity contribution >= 4 is 0 Å². The van der Waals surface area contributed by atoms with Gasteiger partial charge in [0.1, 0.15) is 0 Å². The number of hydrogen-bond acceptors (Lipinski definition) is 4. The van der Waals surface area contributed by atoms with E-state index in [1.54, 1.807) is 0 Å². The molecule has 2 N–H and O–H groups in total. The van der Waals surface area contributed by atoms with Gasteiger partial charge < -0.3 is 10.6 Å². The fraction of sp³-hybridized carbons (Fsp3) is 1.00. The van der Waals surface area contributed by atoms with E-state index in [9.17, 15) is 10.1 Å². The normalized spacial score (nSPS) is 10.8. The van der Waals surface area contributed by atoms with Crippen LogP contribution in [-0.2, 0) is 4.84 Å². The third-order valence-corrected chi connectivity index (χ3v) is 4.30. The summed E-state index contributed by atoms with van der Waals surface area (Å²) in [7, 11) is 0. The average Bonchev–Trinajstić information content (AvgIpc) is 2.53. The molecule has 0 amide bonds.